The van der Waals surface area contributed by atoms with Crippen molar-refractivity contribution in [2.45, 2.75) is 52.6 Å². The van der Waals surface area contributed by atoms with Gasteiger partial charge in [0.25, 0.3) is 0 Å². The van der Waals surface area contributed by atoms with Crippen LogP contribution in [0.5, 0.6) is 0 Å². The van der Waals surface area contributed by atoms with E-state index in [1.807, 2.05) is 6.92 Å². The van der Waals surface area contributed by atoms with Crippen LogP contribution in [0.1, 0.15) is 47.0 Å². The summed E-state index contributed by atoms with van der Waals surface area (Å²) in [5.74, 6) is -1.16. The highest BCUT2D eigenvalue weighted by Gasteiger charge is 2.53. The van der Waals surface area contributed by atoms with Crippen LogP contribution in [-0.2, 0) is 19.0 Å². The third kappa shape index (κ3) is 3.87. The molecule has 0 saturated carbocycles. The smallest absolute Gasteiger partial charge is 0.468 e. The average molecular weight is 299 g/mol. The molecule has 0 aromatic rings. The van der Waals surface area contributed by atoms with Crippen LogP contribution in [-0.4, -0.2) is 31.9 Å². The molecule has 0 saturated heterocycles. The van der Waals surface area contributed by atoms with Gasteiger partial charge in [-0.05, 0) is 19.8 Å². The molecule has 3 unspecified atom stereocenters. The summed E-state index contributed by atoms with van der Waals surface area (Å²) in [7, 11) is 2.46. The number of rotatable bonds is 7. The summed E-state index contributed by atoms with van der Waals surface area (Å²) in [6.07, 6.45) is 0.667. The summed E-state index contributed by atoms with van der Waals surface area (Å²) in [4.78, 5) is 23.6. The van der Waals surface area contributed by atoms with Crippen LogP contribution in [0.3, 0.4) is 0 Å². The molecule has 0 spiro atoms. The summed E-state index contributed by atoms with van der Waals surface area (Å²) >= 11 is 0. The van der Waals surface area contributed by atoms with Crippen molar-refractivity contribution in [3.63, 3.8) is 0 Å². The largest absolute Gasteiger partial charge is 0.508 e. The monoisotopic (exact) mass is 299 g/mol. The molecular formula is C15H25NO5. The number of hydrogen-bond donors (Lipinski definition) is 0. The molecule has 0 bridgehead atoms. The molecule has 0 fully saturated rings. The van der Waals surface area contributed by atoms with E-state index < -0.39 is 29.1 Å². The standard InChI is InChI=1S/C15H25NO5/c1-7-9-14(4,21-13(18)20-6)11(3)15(8-2,10-16)12(17)19-5/h11H,7-9H2,1-6H3. The van der Waals surface area contributed by atoms with Gasteiger partial charge >= 0.3 is 12.1 Å². The molecule has 0 aliphatic carbocycles. The zero-order chi connectivity index (χ0) is 16.7. The van der Waals surface area contributed by atoms with Crippen molar-refractivity contribution < 1.29 is 23.8 Å². The maximum atomic E-state index is 12.1. The molecule has 0 rings (SSSR count). The lowest BCUT2D eigenvalue weighted by molar-refractivity contribution is -0.160. The lowest BCUT2D eigenvalue weighted by atomic mass is 9.66. The molecule has 0 aliphatic rings. The first-order valence-corrected chi connectivity index (χ1v) is 7.04. The molecule has 21 heavy (non-hydrogen) atoms. The summed E-state index contributed by atoms with van der Waals surface area (Å²) in [5.41, 5.74) is -2.37. The number of nitriles is 1. The van der Waals surface area contributed by atoms with E-state index in [1.165, 1.54) is 14.2 Å². The maximum Gasteiger partial charge on any atom is 0.508 e. The van der Waals surface area contributed by atoms with E-state index >= 15 is 0 Å². The third-order valence-electron chi connectivity index (χ3n) is 4.19. The first-order chi connectivity index (χ1) is 9.77. The third-order valence-corrected chi connectivity index (χ3v) is 4.19. The molecule has 6 nitrogen and oxygen atoms in total. The highest BCUT2D eigenvalue weighted by Crippen LogP contribution is 2.43. The first-order valence-electron chi connectivity index (χ1n) is 7.04. The van der Waals surface area contributed by atoms with Gasteiger partial charge in [-0.3, -0.25) is 4.79 Å². The molecule has 0 aromatic carbocycles. The Hall–Kier alpha value is -1.77. The van der Waals surface area contributed by atoms with Gasteiger partial charge in [0, 0.05) is 5.92 Å². The van der Waals surface area contributed by atoms with Crippen LogP contribution < -0.4 is 0 Å². The molecular weight excluding hydrogens is 274 g/mol. The maximum absolute atomic E-state index is 12.1. The summed E-state index contributed by atoms with van der Waals surface area (Å²) in [5, 5.41) is 9.55. The molecule has 6 heteroatoms. The summed E-state index contributed by atoms with van der Waals surface area (Å²) < 4.78 is 14.7. The van der Waals surface area contributed by atoms with Crippen molar-refractivity contribution in [2.24, 2.45) is 11.3 Å². The molecule has 0 aliphatic heterocycles. The van der Waals surface area contributed by atoms with Gasteiger partial charge in [0.15, 0.2) is 5.41 Å². The second-order valence-electron chi connectivity index (χ2n) is 5.27. The van der Waals surface area contributed by atoms with Gasteiger partial charge in [-0.2, -0.15) is 5.26 Å². The highest BCUT2D eigenvalue weighted by molar-refractivity contribution is 5.80. The van der Waals surface area contributed by atoms with E-state index in [-0.39, 0.29) is 6.42 Å². The van der Waals surface area contributed by atoms with Crippen LogP contribution in [0.2, 0.25) is 0 Å². The normalized spacial score (nSPS) is 17.6. The molecule has 0 radical (unpaired) electrons. The summed E-state index contributed by atoms with van der Waals surface area (Å²) in [6.45, 7) is 7.11. The lowest BCUT2D eigenvalue weighted by Crippen LogP contribution is -2.50. The Morgan fingerprint density at radius 1 is 1.24 bits per heavy atom. The molecule has 120 valence electrons. The van der Waals surface area contributed by atoms with Crippen LogP contribution >= 0.6 is 0 Å². The number of methoxy groups -OCH3 is 2. The molecule has 0 amide bonds. The number of carbonyl (C=O) groups excluding carboxylic acids is 2. The highest BCUT2D eigenvalue weighted by atomic mass is 16.7. The van der Waals surface area contributed by atoms with Crippen molar-refractivity contribution in [1.82, 2.24) is 0 Å². The minimum atomic E-state index is -1.37. The minimum absolute atomic E-state index is 0.265. The number of ether oxygens (including phenoxy) is 3. The van der Waals surface area contributed by atoms with Crippen LogP contribution in [0, 0.1) is 22.7 Å². The second-order valence-corrected chi connectivity index (χ2v) is 5.27. The van der Waals surface area contributed by atoms with Gasteiger partial charge in [-0.15, -0.1) is 0 Å². The number of esters is 1. The Labute approximate surface area is 126 Å². The van der Waals surface area contributed by atoms with Gasteiger partial charge in [0.1, 0.15) is 5.60 Å². The van der Waals surface area contributed by atoms with E-state index in [1.54, 1.807) is 20.8 Å². The Bertz CT molecular complexity index is 417. The number of hydrogen-bond acceptors (Lipinski definition) is 6. The second kappa shape index (κ2) is 7.87. The van der Waals surface area contributed by atoms with Gasteiger partial charge < -0.3 is 14.2 Å². The van der Waals surface area contributed by atoms with E-state index in [9.17, 15) is 14.9 Å². The Morgan fingerprint density at radius 3 is 2.14 bits per heavy atom. The first kappa shape index (κ1) is 19.2. The van der Waals surface area contributed by atoms with Gasteiger partial charge in [0.2, 0.25) is 0 Å². The average Bonchev–Trinajstić information content (AvgIpc) is 2.48. The van der Waals surface area contributed by atoms with Gasteiger partial charge in [-0.25, -0.2) is 4.79 Å². The SMILES string of the molecule is CCCC(C)(OC(=O)OC)C(C)C(C#N)(CC)C(=O)OC. The van der Waals surface area contributed by atoms with Gasteiger partial charge in [0.05, 0.1) is 20.3 Å². The van der Waals surface area contributed by atoms with Crippen LogP contribution in [0.15, 0.2) is 0 Å². The van der Waals surface area contributed by atoms with E-state index in [0.717, 1.165) is 6.42 Å². The molecule has 0 N–H and O–H groups in total. The molecule has 0 aromatic heterocycles. The quantitative estimate of drug-likeness (QED) is 0.671. The van der Waals surface area contributed by atoms with Crippen molar-refractivity contribution in [3.05, 3.63) is 0 Å². The summed E-state index contributed by atoms with van der Waals surface area (Å²) in [6, 6.07) is 2.06. The number of nitrogens with zero attached hydrogens (tertiary/aromatic N) is 1. The zero-order valence-corrected chi connectivity index (χ0v) is 13.7. The molecule has 0 heterocycles. The zero-order valence-electron chi connectivity index (χ0n) is 13.7. The Morgan fingerprint density at radius 2 is 1.81 bits per heavy atom. The predicted octanol–water partition coefficient (Wildman–Crippen LogP) is 3.06. The van der Waals surface area contributed by atoms with Crippen LogP contribution in [0.4, 0.5) is 4.79 Å². The number of carbonyl (C=O) groups is 2. The topological polar surface area (TPSA) is 85.6 Å². The molecule has 3 atom stereocenters. The van der Waals surface area contributed by atoms with E-state index in [4.69, 9.17) is 9.47 Å². The van der Waals surface area contributed by atoms with E-state index in [2.05, 4.69) is 10.8 Å². The Balaban J connectivity index is 5.72. The fourth-order valence-electron chi connectivity index (χ4n) is 2.64. The van der Waals surface area contributed by atoms with Crippen molar-refractivity contribution in [2.75, 3.05) is 14.2 Å². The lowest BCUT2D eigenvalue weighted by Gasteiger charge is -2.41. The minimum Gasteiger partial charge on any atom is -0.468 e. The van der Waals surface area contributed by atoms with E-state index in [0.29, 0.717) is 6.42 Å². The van der Waals surface area contributed by atoms with Crippen LogP contribution in [0.25, 0.3) is 0 Å². The van der Waals surface area contributed by atoms with Crippen molar-refractivity contribution in [1.29, 1.82) is 5.26 Å². The fourth-order valence-corrected chi connectivity index (χ4v) is 2.64. The predicted molar refractivity (Wildman–Crippen MR) is 76.3 cm³/mol. The Kier molecular flexibility index (Phi) is 7.20. The van der Waals surface area contributed by atoms with Gasteiger partial charge in [-0.1, -0.05) is 27.2 Å². The van der Waals surface area contributed by atoms with Crippen molar-refractivity contribution in [3.8, 4) is 6.07 Å². The van der Waals surface area contributed by atoms with Crippen molar-refractivity contribution >= 4 is 12.1 Å². The fraction of sp³-hybridized carbons (Fsp3) is 0.800.